The summed E-state index contributed by atoms with van der Waals surface area (Å²) < 4.78 is 0. The molecule has 36 heavy (non-hydrogen) atoms. The zero-order valence-corrected chi connectivity index (χ0v) is 21.3. The van der Waals surface area contributed by atoms with Crippen LogP contribution >= 0.6 is 11.6 Å². The number of aryl methyl sites for hydroxylation is 2. The summed E-state index contributed by atoms with van der Waals surface area (Å²) in [4.78, 5) is 31.4. The van der Waals surface area contributed by atoms with Crippen LogP contribution in [-0.2, 0) is 22.4 Å². The Labute approximate surface area is 216 Å². The fourth-order valence-electron chi connectivity index (χ4n) is 4.41. The number of halogens is 1. The molecule has 186 valence electrons. The van der Waals surface area contributed by atoms with Crippen molar-refractivity contribution in [1.29, 1.82) is 0 Å². The maximum Gasteiger partial charge on any atom is 0.303 e. The van der Waals surface area contributed by atoms with Crippen molar-refractivity contribution < 1.29 is 14.7 Å². The standard InChI is InChI=1S/C29H30ClN3O3/c1-33(2)16-4-6-19-8-12-23(13-9-19)31-28(21-7-3-5-20(17-21)10-15-26(34)35)27-24-14-11-22(30)18-25(24)32-29(27)36/h3,5,7-9,11-14,17-18,27H,4,6,10,15-16H2,1-2H3,(H,32,36)(H,34,35). The topological polar surface area (TPSA) is 82.0 Å². The Morgan fingerprint density at radius 2 is 1.81 bits per heavy atom. The van der Waals surface area contributed by atoms with Crippen LogP contribution in [0.2, 0.25) is 5.02 Å². The largest absolute Gasteiger partial charge is 0.481 e. The summed E-state index contributed by atoms with van der Waals surface area (Å²) in [6.45, 7) is 1.03. The summed E-state index contributed by atoms with van der Waals surface area (Å²) in [5.74, 6) is -1.62. The number of carbonyl (C=O) groups excluding carboxylic acids is 1. The molecule has 1 aliphatic heterocycles. The minimum Gasteiger partial charge on any atom is -0.481 e. The zero-order valence-electron chi connectivity index (χ0n) is 20.5. The molecule has 1 amide bonds. The summed E-state index contributed by atoms with van der Waals surface area (Å²) in [7, 11) is 4.14. The van der Waals surface area contributed by atoms with Gasteiger partial charge in [-0.05, 0) is 92.5 Å². The van der Waals surface area contributed by atoms with Crippen LogP contribution in [0.15, 0.2) is 71.7 Å². The van der Waals surface area contributed by atoms with E-state index in [1.165, 1.54) is 5.56 Å². The molecule has 0 saturated carbocycles. The number of benzene rings is 3. The minimum atomic E-state index is -0.846. The fourth-order valence-corrected chi connectivity index (χ4v) is 4.59. The molecule has 0 aliphatic carbocycles. The van der Waals surface area contributed by atoms with Gasteiger partial charge in [-0.25, -0.2) is 0 Å². The van der Waals surface area contributed by atoms with Gasteiger partial charge in [-0.15, -0.1) is 0 Å². The molecule has 1 atom stereocenters. The van der Waals surface area contributed by atoms with Crippen molar-refractivity contribution in [1.82, 2.24) is 4.90 Å². The average molecular weight is 504 g/mol. The molecule has 3 aromatic carbocycles. The molecule has 1 unspecified atom stereocenters. The van der Waals surface area contributed by atoms with Crippen LogP contribution < -0.4 is 5.32 Å². The lowest BCUT2D eigenvalue weighted by molar-refractivity contribution is -0.137. The molecule has 2 N–H and O–H groups in total. The van der Waals surface area contributed by atoms with E-state index in [2.05, 4.69) is 36.4 Å². The first-order chi connectivity index (χ1) is 17.3. The lowest BCUT2D eigenvalue weighted by Crippen LogP contribution is -2.22. The lowest BCUT2D eigenvalue weighted by atomic mass is 9.89. The quantitative estimate of drug-likeness (QED) is 0.347. The van der Waals surface area contributed by atoms with Crippen LogP contribution in [0.25, 0.3) is 0 Å². The van der Waals surface area contributed by atoms with Gasteiger partial charge in [0, 0.05) is 17.1 Å². The second-order valence-corrected chi connectivity index (χ2v) is 9.75. The van der Waals surface area contributed by atoms with Crippen molar-refractivity contribution in [2.75, 3.05) is 26.0 Å². The summed E-state index contributed by atoms with van der Waals surface area (Å²) >= 11 is 6.16. The van der Waals surface area contributed by atoms with E-state index in [-0.39, 0.29) is 12.3 Å². The van der Waals surface area contributed by atoms with E-state index in [4.69, 9.17) is 21.7 Å². The van der Waals surface area contributed by atoms with Crippen LogP contribution in [0.1, 0.15) is 41.0 Å². The Morgan fingerprint density at radius 1 is 1.03 bits per heavy atom. The number of nitrogens with zero attached hydrogens (tertiary/aromatic N) is 2. The molecule has 7 heteroatoms. The number of carboxylic acid groups (broad SMARTS) is 1. The van der Waals surface area contributed by atoms with Crippen molar-refractivity contribution in [2.24, 2.45) is 4.99 Å². The number of nitrogens with one attached hydrogen (secondary N) is 1. The highest BCUT2D eigenvalue weighted by Crippen LogP contribution is 2.38. The van der Waals surface area contributed by atoms with Gasteiger partial charge in [-0.2, -0.15) is 0 Å². The average Bonchev–Trinajstić information content (AvgIpc) is 3.16. The van der Waals surface area contributed by atoms with Crippen LogP contribution in [0.5, 0.6) is 0 Å². The minimum absolute atomic E-state index is 0.0382. The molecule has 4 rings (SSSR count). The molecule has 6 nitrogen and oxygen atoms in total. The fraction of sp³-hybridized carbons (Fsp3) is 0.276. The van der Waals surface area contributed by atoms with Crippen molar-refractivity contribution >= 4 is 40.6 Å². The maximum absolute atomic E-state index is 13.2. The highest BCUT2D eigenvalue weighted by atomic mass is 35.5. The van der Waals surface area contributed by atoms with Gasteiger partial charge in [0.1, 0.15) is 5.92 Å². The Hall–Kier alpha value is -3.48. The van der Waals surface area contributed by atoms with E-state index in [0.717, 1.165) is 41.8 Å². The zero-order chi connectivity index (χ0) is 25.7. The molecular formula is C29H30ClN3O3. The predicted octanol–water partition coefficient (Wildman–Crippen LogP) is 5.71. The van der Waals surface area contributed by atoms with Crippen molar-refractivity contribution in [3.8, 4) is 0 Å². The maximum atomic E-state index is 13.2. The SMILES string of the molecule is CN(C)CCCc1ccc(N=C(c2cccc(CCC(=O)O)c2)C2C(=O)Nc3cc(Cl)ccc32)cc1. The second-order valence-electron chi connectivity index (χ2n) is 9.32. The normalized spacial score (nSPS) is 15.2. The summed E-state index contributed by atoms with van der Waals surface area (Å²) in [6.07, 6.45) is 2.50. The lowest BCUT2D eigenvalue weighted by Gasteiger charge is -2.15. The third-order valence-corrected chi connectivity index (χ3v) is 6.46. The number of amides is 1. The number of carbonyl (C=O) groups is 2. The van der Waals surface area contributed by atoms with Crippen molar-refractivity contribution in [2.45, 2.75) is 31.6 Å². The van der Waals surface area contributed by atoms with Crippen LogP contribution in [0.4, 0.5) is 11.4 Å². The number of aliphatic carboxylic acids is 1. The molecule has 0 spiro atoms. The first kappa shape index (κ1) is 25.6. The Balaban J connectivity index is 1.71. The third kappa shape index (κ3) is 6.39. The Bertz CT molecular complexity index is 1290. The van der Waals surface area contributed by atoms with Crippen molar-refractivity contribution in [3.05, 3.63) is 94.0 Å². The van der Waals surface area contributed by atoms with Gasteiger partial charge in [0.2, 0.25) is 5.91 Å². The molecule has 1 heterocycles. The molecule has 1 aliphatic rings. The number of hydrogen-bond acceptors (Lipinski definition) is 4. The Kier molecular flexibility index (Phi) is 8.18. The summed E-state index contributed by atoms with van der Waals surface area (Å²) in [5.41, 5.74) is 5.79. The van der Waals surface area contributed by atoms with E-state index in [1.54, 1.807) is 12.1 Å². The number of fused-ring (bicyclic) bond motifs is 1. The Morgan fingerprint density at radius 3 is 2.53 bits per heavy atom. The van der Waals surface area contributed by atoms with Gasteiger partial charge < -0.3 is 15.3 Å². The molecule has 3 aromatic rings. The highest BCUT2D eigenvalue weighted by Gasteiger charge is 2.35. The highest BCUT2D eigenvalue weighted by molar-refractivity contribution is 6.31. The first-order valence-electron chi connectivity index (χ1n) is 12.0. The second kappa shape index (κ2) is 11.5. The van der Waals surface area contributed by atoms with Gasteiger partial charge in [-0.3, -0.25) is 14.6 Å². The molecule has 0 aromatic heterocycles. The molecule has 0 radical (unpaired) electrons. The summed E-state index contributed by atoms with van der Waals surface area (Å²) in [5, 5.41) is 12.6. The predicted molar refractivity (Wildman–Crippen MR) is 145 cm³/mol. The molecular weight excluding hydrogens is 474 g/mol. The van der Waals surface area contributed by atoms with Gasteiger partial charge in [0.05, 0.1) is 11.4 Å². The van der Waals surface area contributed by atoms with Gasteiger partial charge in [0.25, 0.3) is 0 Å². The van der Waals surface area contributed by atoms with E-state index >= 15 is 0 Å². The van der Waals surface area contributed by atoms with E-state index in [0.29, 0.717) is 22.8 Å². The number of carboxylic acids is 1. The van der Waals surface area contributed by atoms with E-state index < -0.39 is 11.9 Å². The molecule has 0 bridgehead atoms. The summed E-state index contributed by atoms with van der Waals surface area (Å²) in [6, 6.07) is 21.1. The van der Waals surface area contributed by atoms with Gasteiger partial charge in [0.15, 0.2) is 0 Å². The van der Waals surface area contributed by atoms with Crippen molar-refractivity contribution in [3.63, 3.8) is 0 Å². The molecule has 0 saturated heterocycles. The van der Waals surface area contributed by atoms with Crippen LogP contribution in [0, 0.1) is 0 Å². The van der Waals surface area contributed by atoms with Gasteiger partial charge >= 0.3 is 5.97 Å². The van der Waals surface area contributed by atoms with Crippen LogP contribution in [-0.4, -0.2) is 48.2 Å². The smallest absolute Gasteiger partial charge is 0.303 e. The number of rotatable bonds is 10. The van der Waals surface area contributed by atoms with E-state index in [9.17, 15) is 9.59 Å². The molecule has 0 fully saturated rings. The number of aliphatic imine (C=N–C) groups is 1. The van der Waals surface area contributed by atoms with E-state index in [1.807, 2.05) is 42.5 Å². The first-order valence-corrected chi connectivity index (χ1v) is 12.4. The number of hydrogen-bond donors (Lipinski definition) is 2. The third-order valence-electron chi connectivity index (χ3n) is 6.23. The van der Waals surface area contributed by atoms with Crippen LogP contribution in [0.3, 0.4) is 0 Å². The number of anilines is 1. The monoisotopic (exact) mass is 503 g/mol. The van der Waals surface area contributed by atoms with Gasteiger partial charge in [-0.1, -0.05) is 48.0 Å².